The first kappa shape index (κ1) is 21.6. The second-order valence-electron chi connectivity index (χ2n) is 7.29. The number of hydrogen-bond acceptors (Lipinski definition) is 5. The number of aryl methyl sites for hydroxylation is 1. The minimum absolute atomic E-state index is 0.0985. The van der Waals surface area contributed by atoms with Gasteiger partial charge in [0.25, 0.3) is 0 Å². The van der Waals surface area contributed by atoms with E-state index in [2.05, 4.69) is 27.6 Å². The van der Waals surface area contributed by atoms with Gasteiger partial charge in [0.1, 0.15) is 17.3 Å². The van der Waals surface area contributed by atoms with Crippen molar-refractivity contribution in [1.82, 2.24) is 14.8 Å². The van der Waals surface area contributed by atoms with E-state index in [9.17, 15) is 4.79 Å². The molecule has 0 bridgehead atoms. The topological polar surface area (TPSA) is 69.0 Å². The molecule has 0 saturated heterocycles. The highest BCUT2D eigenvalue weighted by molar-refractivity contribution is 8.00. The van der Waals surface area contributed by atoms with Crippen LogP contribution in [0.5, 0.6) is 11.5 Å². The molecule has 0 spiro atoms. The van der Waals surface area contributed by atoms with Gasteiger partial charge in [-0.05, 0) is 55.8 Å². The molecule has 1 heterocycles. The van der Waals surface area contributed by atoms with Crippen LogP contribution < -0.4 is 10.1 Å². The lowest BCUT2D eigenvalue weighted by Crippen LogP contribution is -2.23. The number of benzene rings is 3. The highest BCUT2D eigenvalue weighted by atomic mass is 32.2. The molecule has 6 nitrogen and oxygen atoms in total. The van der Waals surface area contributed by atoms with E-state index in [1.807, 2.05) is 91.2 Å². The number of thioether (sulfide) groups is 1. The predicted molar refractivity (Wildman–Crippen MR) is 127 cm³/mol. The average molecular weight is 445 g/mol. The van der Waals surface area contributed by atoms with E-state index < -0.39 is 0 Å². The third kappa shape index (κ3) is 5.56. The Morgan fingerprint density at radius 2 is 1.56 bits per heavy atom. The van der Waals surface area contributed by atoms with Gasteiger partial charge in [-0.1, -0.05) is 60.3 Å². The zero-order valence-electron chi connectivity index (χ0n) is 17.9. The van der Waals surface area contributed by atoms with E-state index in [4.69, 9.17) is 4.74 Å². The number of ether oxygens (including phenoxy) is 1. The molecule has 0 aliphatic heterocycles. The molecule has 0 fully saturated rings. The normalized spacial score (nSPS) is 11.7. The Bertz CT molecular complexity index is 1160. The van der Waals surface area contributed by atoms with Crippen LogP contribution in [0.15, 0.2) is 90.1 Å². The van der Waals surface area contributed by atoms with Gasteiger partial charge in [-0.15, -0.1) is 10.2 Å². The van der Waals surface area contributed by atoms with Gasteiger partial charge < -0.3 is 14.6 Å². The largest absolute Gasteiger partial charge is 0.457 e. The second kappa shape index (κ2) is 10.2. The van der Waals surface area contributed by atoms with Crippen LogP contribution in [-0.2, 0) is 11.3 Å². The Kier molecular flexibility index (Phi) is 6.87. The van der Waals surface area contributed by atoms with Crippen LogP contribution in [0.3, 0.4) is 0 Å². The SMILES string of the molecule is Cc1nnc(S[C@H](C)C(=O)Nc2ccc(Oc3ccccc3)cc2)n1Cc1ccccc1. The van der Waals surface area contributed by atoms with Crippen LogP contribution in [0.1, 0.15) is 18.3 Å². The summed E-state index contributed by atoms with van der Waals surface area (Å²) in [5, 5.41) is 11.8. The molecule has 1 N–H and O–H groups in total. The summed E-state index contributed by atoms with van der Waals surface area (Å²) >= 11 is 1.40. The molecule has 0 aliphatic carbocycles. The Morgan fingerprint density at radius 3 is 2.25 bits per heavy atom. The maximum absolute atomic E-state index is 12.7. The van der Waals surface area contributed by atoms with Gasteiger partial charge in [0.2, 0.25) is 5.91 Å². The van der Waals surface area contributed by atoms with Crippen molar-refractivity contribution >= 4 is 23.4 Å². The third-order valence-electron chi connectivity index (χ3n) is 4.84. The number of para-hydroxylation sites is 1. The lowest BCUT2D eigenvalue weighted by molar-refractivity contribution is -0.115. The lowest BCUT2D eigenvalue weighted by Gasteiger charge is -2.14. The van der Waals surface area contributed by atoms with E-state index in [-0.39, 0.29) is 11.2 Å². The first-order valence-electron chi connectivity index (χ1n) is 10.3. The first-order valence-corrected chi connectivity index (χ1v) is 11.2. The summed E-state index contributed by atoms with van der Waals surface area (Å²) < 4.78 is 7.82. The molecule has 0 aliphatic rings. The molecule has 1 atom stereocenters. The Hall–Kier alpha value is -3.58. The van der Waals surface area contributed by atoms with Crippen molar-refractivity contribution in [3.8, 4) is 11.5 Å². The molecule has 0 radical (unpaired) electrons. The molecule has 7 heteroatoms. The molecule has 1 amide bonds. The summed E-state index contributed by atoms with van der Waals surface area (Å²) in [5.41, 5.74) is 1.87. The fourth-order valence-electron chi connectivity index (χ4n) is 3.08. The summed E-state index contributed by atoms with van der Waals surface area (Å²) in [6.45, 7) is 4.45. The van der Waals surface area contributed by atoms with Crippen molar-refractivity contribution in [2.24, 2.45) is 0 Å². The van der Waals surface area contributed by atoms with Crippen LogP contribution in [0, 0.1) is 6.92 Å². The summed E-state index contributed by atoms with van der Waals surface area (Å²) in [4.78, 5) is 12.7. The second-order valence-corrected chi connectivity index (χ2v) is 8.60. The van der Waals surface area contributed by atoms with Crippen molar-refractivity contribution in [2.45, 2.75) is 30.8 Å². The predicted octanol–water partition coefficient (Wildman–Crippen LogP) is 5.55. The molecule has 1 aromatic heterocycles. The molecule has 4 rings (SSSR count). The molecule has 3 aromatic carbocycles. The van der Waals surface area contributed by atoms with Crippen LogP contribution in [0.4, 0.5) is 5.69 Å². The Balaban J connectivity index is 1.36. The summed E-state index contributed by atoms with van der Waals surface area (Å²) in [7, 11) is 0. The highest BCUT2D eigenvalue weighted by Gasteiger charge is 2.19. The van der Waals surface area contributed by atoms with Gasteiger partial charge in [0, 0.05) is 5.69 Å². The quantitative estimate of drug-likeness (QED) is 0.361. The van der Waals surface area contributed by atoms with Crippen LogP contribution >= 0.6 is 11.8 Å². The summed E-state index contributed by atoms with van der Waals surface area (Å²) in [5.74, 6) is 2.20. The maximum Gasteiger partial charge on any atom is 0.237 e. The van der Waals surface area contributed by atoms with Crippen LogP contribution in [0.25, 0.3) is 0 Å². The van der Waals surface area contributed by atoms with Crippen molar-refractivity contribution in [2.75, 3.05) is 5.32 Å². The molecular weight excluding hydrogens is 420 g/mol. The monoisotopic (exact) mass is 444 g/mol. The maximum atomic E-state index is 12.7. The fourth-order valence-corrected chi connectivity index (χ4v) is 3.98. The van der Waals surface area contributed by atoms with Crippen molar-refractivity contribution in [1.29, 1.82) is 0 Å². The zero-order chi connectivity index (χ0) is 22.3. The standard InChI is InChI=1S/C25H24N4O2S/c1-18(32-25-28-27-19(2)29(25)17-20-9-5-3-6-10-20)24(30)26-21-13-15-23(16-14-21)31-22-11-7-4-8-12-22/h3-16,18H,17H2,1-2H3,(H,26,30)/t18-/m1/s1. The van der Waals surface area contributed by atoms with Gasteiger partial charge in [-0.3, -0.25) is 4.79 Å². The summed E-state index contributed by atoms with van der Waals surface area (Å²) in [6.07, 6.45) is 0. The number of rotatable bonds is 8. The number of carbonyl (C=O) groups is 1. The molecular formula is C25H24N4O2S. The van der Waals surface area contributed by atoms with Crippen molar-refractivity contribution in [3.05, 3.63) is 96.3 Å². The molecule has 0 saturated carbocycles. The Morgan fingerprint density at radius 1 is 0.938 bits per heavy atom. The minimum Gasteiger partial charge on any atom is -0.457 e. The molecule has 162 valence electrons. The van der Waals surface area contributed by atoms with Crippen molar-refractivity contribution < 1.29 is 9.53 Å². The lowest BCUT2D eigenvalue weighted by atomic mass is 10.2. The van der Waals surface area contributed by atoms with E-state index in [0.717, 1.165) is 22.3 Å². The van der Waals surface area contributed by atoms with E-state index in [1.165, 1.54) is 11.8 Å². The van der Waals surface area contributed by atoms with E-state index in [0.29, 0.717) is 18.0 Å². The minimum atomic E-state index is -0.339. The van der Waals surface area contributed by atoms with Crippen LogP contribution in [-0.4, -0.2) is 25.9 Å². The van der Waals surface area contributed by atoms with Gasteiger partial charge in [0.05, 0.1) is 11.8 Å². The zero-order valence-corrected chi connectivity index (χ0v) is 18.8. The van der Waals surface area contributed by atoms with E-state index >= 15 is 0 Å². The molecule has 0 unspecified atom stereocenters. The van der Waals surface area contributed by atoms with Gasteiger partial charge in [-0.2, -0.15) is 0 Å². The highest BCUT2D eigenvalue weighted by Crippen LogP contribution is 2.26. The Labute approximate surface area is 191 Å². The number of carbonyl (C=O) groups excluding carboxylic acids is 1. The molecule has 32 heavy (non-hydrogen) atoms. The van der Waals surface area contributed by atoms with E-state index in [1.54, 1.807) is 0 Å². The number of aromatic nitrogens is 3. The first-order chi connectivity index (χ1) is 15.6. The van der Waals surface area contributed by atoms with Gasteiger partial charge in [0.15, 0.2) is 5.16 Å². The number of nitrogens with zero attached hydrogens (tertiary/aromatic N) is 3. The number of hydrogen-bond donors (Lipinski definition) is 1. The molecule has 4 aromatic rings. The average Bonchev–Trinajstić information content (AvgIpc) is 3.15. The van der Waals surface area contributed by atoms with Crippen molar-refractivity contribution in [3.63, 3.8) is 0 Å². The smallest absolute Gasteiger partial charge is 0.237 e. The third-order valence-corrected chi connectivity index (χ3v) is 5.92. The number of anilines is 1. The van der Waals surface area contributed by atoms with Gasteiger partial charge >= 0.3 is 0 Å². The summed E-state index contributed by atoms with van der Waals surface area (Å²) in [6, 6.07) is 27.0. The van der Waals surface area contributed by atoms with Crippen LogP contribution in [0.2, 0.25) is 0 Å². The number of nitrogens with one attached hydrogen (secondary N) is 1. The van der Waals surface area contributed by atoms with Gasteiger partial charge in [-0.25, -0.2) is 0 Å². The fraction of sp³-hybridized carbons (Fsp3) is 0.160. The number of amides is 1.